The Hall–Kier alpha value is -1.06. The van der Waals surface area contributed by atoms with Gasteiger partial charge in [-0.3, -0.25) is 9.59 Å². The lowest BCUT2D eigenvalue weighted by molar-refractivity contribution is -0.141. The Kier molecular flexibility index (Phi) is 3.46. The maximum Gasteiger partial charge on any atom is 0.308 e. The van der Waals surface area contributed by atoms with Gasteiger partial charge in [-0.2, -0.15) is 0 Å². The zero-order valence-corrected chi connectivity index (χ0v) is 9.52. The Morgan fingerprint density at radius 3 is 2.56 bits per heavy atom. The molecule has 0 aromatic heterocycles. The average Bonchev–Trinajstić information content (AvgIpc) is 2.62. The van der Waals surface area contributed by atoms with E-state index < -0.39 is 11.9 Å². The highest BCUT2D eigenvalue weighted by molar-refractivity contribution is 5.86. The van der Waals surface area contributed by atoms with Crippen molar-refractivity contribution in [2.45, 2.75) is 38.5 Å². The van der Waals surface area contributed by atoms with Gasteiger partial charge >= 0.3 is 5.97 Å². The average molecular weight is 225 g/mol. The van der Waals surface area contributed by atoms with Gasteiger partial charge in [-0.15, -0.1) is 0 Å². The summed E-state index contributed by atoms with van der Waals surface area (Å²) in [6, 6.07) is 0. The van der Waals surface area contributed by atoms with Crippen molar-refractivity contribution in [2.75, 3.05) is 13.1 Å². The van der Waals surface area contributed by atoms with Crippen LogP contribution in [0.2, 0.25) is 0 Å². The van der Waals surface area contributed by atoms with Gasteiger partial charge in [0.15, 0.2) is 0 Å². The Bertz CT molecular complexity index is 284. The molecule has 16 heavy (non-hydrogen) atoms. The highest BCUT2D eigenvalue weighted by Gasteiger charge is 2.35. The summed E-state index contributed by atoms with van der Waals surface area (Å²) in [7, 11) is 0. The van der Waals surface area contributed by atoms with E-state index in [4.69, 9.17) is 5.11 Å². The van der Waals surface area contributed by atoms with Gasteiger partial charge in [-0.1, -0.05) is 19.3 Å². The van der Waals surface area contributed by atoms with Crippen molar-refractivity contribution >= 4 is 11.9 Å². The Morgan fingerprint density at radius 2 is 2.00 bits per heavy atom. The van der Waals surface area contributed by atoms with Crippen molar-refractivity contribution in [3.63, 3.8) is 0 Å². The Labute approximate surface area is 95.6 Å². The van der Waals surface area contributed by atoms with Crippen molar-refractivity contribution in [1.29, 1.82) is 0 Å². The number of carbonyl (C=O) groups excluding carboxylic acids is 1. The highest BCUT2D eigenvalue weighted by Crippen LogP contribution is 2.27. The van der Waals surface area contributed by atoms with Gasteiger partial charge in [0.25, 0.3) is 0 Å². The first-order chi connectivity index (χ1) is 7.66. The standard InChI is InChI=1S/C12H19NO3/c14-11-6-10(12(15)16)8-13(11)7-9-4-2-1-3-5-9/h9-10H,1-8H2,(H,15,16)/t10-/m1/s1. The van der Waals surface area contributed by atoms with E-state index in [0.717, 1.165) is 6.54 Å². The number of nitrogens with zero attached hydrogens (tertiary/aromatic N) is 1. The molecule has 4 nitrogen and oxygen atoms in total. The van der Waals surface area contributed by atoms with Crippen molar-refractivity contribution in [2.24, 2.45) is 11.8 Å². The molecule has 1 atom stereocenters. The second-order valence-corrected chi connectivity index (χ2v) is 5.04. The largest absolute Gasteiger partial charge is 0.481 e. The molecule has 0 unspecified atom stereocenters. The molecular formula is C12H19NO3. The summed E-state index contributed by atoms with van der Waals surface area (Å²) >= 11 is 0. The molecule has 2 rings (SSSR count). The SMILES string of the molecule is O=C(O)[C@@H]1CC(=O)N(CC2CCCCC2)C1. The molecule has 1 heterocycles. The second-order valence-electron chi connectivity index (χ2n) is 5.04. The van der Waals surface area contributed by atoms with E-state index >= 15 is 0 Å². The van der Waals surface area contributed by atoms with Gasteiger partial charge in [-0.05, 0) is 18.8 Å². The van der Waals surface area contributed by atoms with Gasteiger partial charge in [0.2, 0.25) is 5.91 Å². The van der Waals surface area contributed by atoms with Crippen molar-refractivity contribution in [3.05, 3.63) is 0 Å². The van der Waals surface area contributed by atoms with Crippen LogP contribution < -0.4 is 0 Å². The third kappa shape index (κ3) is 2.54. The Balaban J connectivity index is 1.85. The van der Waals surface area contributed by atoms with E-state index in [1.165, 1.54) is 32.1 Å². The first-order valence-electron chi connectivity index (χ1n) is 6.17. The topological polar surface area (TPSA) is 57.6 Å². The maximum atomic E-state index is 11.6. The molecule has 1 N–H and O–H groups in total. The van der Waals surface area contributed by atoms with Crippen molar-refractivity contribution in [1.82, 2.24) is 4.90 Å². The number of aliphatic carboxylic acids is 1. The molecule has 0 bridgehead atoms. The first kappa shape index (κ1) is 11.4. The van der Waals surface area contributed by atoms with Crippen molar-refractivity contribution in [3.8, 4) is 0 Å². The van der Waals surface area contributed by atoms with Crippen molar-refractivity contribution < 1.29 is 14.7 Å². The van der Waals surface area contributed by atoms with Crippen LogP contribution >= 0.6 is 0 Å². The lowest BCUT2D eigenvalue weighted by atomic mass is 9.89. The number of likely N-dealkylation sites (tertiary alicyclic amines) is 1. The number of carboxylic acids is 1. The van der Waals surface area contributed by atoms with Gasteiger partial charge in [0.05, 0.1) is 5.92 Å². The van der Waals surface area contributed by atoms with E-state index in [2.05, 4.69) is 0 Å². The smallest absolute Gasteiger partial charge is 0.308 e. The highest BCUT2D eigenvalue weighted by atomic mass is 16.4. The zero-order chi connectivity index (χ0) is 11.5. The predicted octanol–water partition coefficient (Wildman–Crippen LogP) is 1.50. The van der Waals surface area contributed by atoms with E-state index in [9.17, 15) is 9.59 Å². The third-order valence-electron chi connectivity index (χ3n) is 3.77. The van der Waals surface area contributed by atoms with Crippen LogP contribution in [0.15, 0.2) is 0 Å². The second kappa shape index (κ2) is 4.85. The number of hydrogen-bond acceptors (Lipinski definition) is 2. The molecule has 1 amide bonds. The molecule has 4 heteroatoms. The van der Waals surface area contributed by atoms with Crippen LogP contribution in [0.1, 0.15) is 38.5 Å². The lowest BCUT2D eigenvalue weighted by Crippen LogP contribution is -2.32. The predicted molar refractivity (Wildman–Crippen MR) is 58.9 cm³/mol. The fourth-order valence-corrected chi connectivity index (χ4v) is 2.80. The molecule has 2 aliphatic rings. The van der Waals surface area contributed by atoms with E-state index in [-0.39, 0.29) is 12.3 Å². The molecule has 0 aromatic rings. The fraction of sp³-hybridized carbons (Fsp3) is 0.833. The quantitative estimate of drug-likeness (QED) is 0.791. The van der Waals surface area contributed by atoms with Crippen LogP contribution in [0.25, 0.3) is 0 Å². The van der Waals surface area contributed by atoms with Gasteiger partial charge in [0.1, 0.15) is 0 Å². The Morgan fingerprint density at radius 1 is 1.31 bits per heavy atom. The molecule has 2 fully saturated rings. The minimum Gasteiger partial charge on any atom is -0.481 e. The minimum atomic E-state index is -0.834. The summed E-state index contributed by atoms with van der Waals surface area (Å²) in [5.41, 5.74) is 0. The fourth-order valence-electron chi connectivity index (χ4n) is 2.80. The van der Waals surface area contributed by atoms with Crippen LogP contribution in [0.3, 0.4) is 0 Å². The van der Waals surface area contributed by atoms with Crippen LogP contribution in [0.5, 0.6) is 0 Å². The number of carboxylic acid groups (broad SMARTS) is 1. The molecular weight excluding hydrogens is 206 g/mol. The molecule has 1 saturated heterocycles. The number of carbonyl (C=O) groups is 2. The van der Waals surface area contributed by atoms with Gasteiger partial charge in [-0.25, -0.2) is 0 Å². The minimum absolute atomic E-state index is 0.0259. The van der Waals surface area contributed by atoms with E-state index in [0.29, 0.717) is 12.5 Å². The summed E-state index contributed by atoms with van der Waals surface area (Å²) in [5, 5.41) is 8.88. The number of rotatable bonds is 3. The summed E-state index contributed by atoms with van der Waals surface area (Å²) in [4.78, 5) is 24.2. The summed E-state index contributed by atoms with van der Waals surface area (Å²) in [6.45, 7) is 1.20. The maximum absolute atomic E-state index is 11.6. The molecule has 90 valence electrons. The molecule has 0 aromatic carbocycles. The molecule has 0 radical (unpaired) electrons. The number of amides is 1. The zero-order valence-electron chi connectivity index (χ0n) is 9.52. The van der Waals surface area contributed by atoms with Crippen LogP contribution in [0, 0.1) is 11.8 Å². The molecule has 0 spiro atoms. The third-order valence-corrected chi connectivity index (χ3v) is 3.77. The first-order valence-corrected chi connectivity index (χ1v) is 6.17. The van der Waals surface area contributed by atoms with Crippen LogP contribution in [-0.4, -0.2) is 35.0 Å². The summed E-state index contributed by atoms with van der Waals surface area (Å²) in [5.74, 6) is -0.682. The summed E-state index contributed by atoms with van der Waals surface area (Å²) < 4.78 is 0. The molecule has 1 aliphatic carbocycles. The van der Waals surface area contributed by atoms with E-state index in [1.54, 1.807) is 4.90 Å². The molecule has 1 aliphatic heterocycles. The van der Waals surface area contributed by atoms with E-state index in [1.807, 2.05) is 0 Å². The molecule has 1 saturated carbocycles. The van der Waals surface area contributed by atoms with Crippen LogP contribution in [-0.2, 0) is 9.59 Å². The lowest BCUT2D eigenvalue weighted by Gasteiger charge is -2.26. The van der Waals surface area contributed by atoms with Gasteiger partial charge < -0.3 is 10.0 Å². The number of hydrogen-bond donors (Lipinski definition) is 1. The monoisotopic (exact) mass is 225 g/mol. The van der Waals surface area contributed by atoms with Gasteiger partial charge in [0, 0.05) is 19.5 Å². The normalized spacial score (nSPS) is 27.4. The van der Waals surface area contributed by atoms with Crippen LogP contribution in [0.4, 0.5) is 0 Å². The summed E-state index contributed by atoms with van der Waals surface area (Å²) in [6.07, 6.45) is 6.41.